The number of nitrogens with zero attached hydrogens (tertiary/aromatic N) is 1. The van der Waals surface area contributed by atoms with Gasteiger partial charge in [-0.15, -0.1) is 0 Å². The van der Waals surface area contributed by atoms with Gasteiger partial charge in [-0.25, -0.2) is 4.39 Å². The number of hydrogen-bond acceptors (Lipinski definition) is 3. The van der Waals surface area contributed by atoms with Gasteiger partial charge in [0.15, 0.2) is 11.6 Å². The third-order valence-corrected chi connectivity index (χ3v) is 3.21. The lowest BCUT2D eigenvalue weighted by Crippen LogP contribution is -2.24. The van der Waals surface area contributed by atoms with E-state index in [9.17, 15) is 4.39 Å². The number of benzene rings is 1. The zero-order valence-corrected chi connectivity index (χ0v) is 11.6. The average Bonchev–Trinajstić information content (AvgIpc) is 2.35. The molecule has 4 heteroatoms. The van der Waals surface area contributed by atoms with Gasteiger partial charge in [-0.2, -0.15) is 0 Å². The van der Waals surface area contributed by atoms with Crippen molar-refractivity contribution in [3.05, 3.63) is 29.6 Å². The largest absolute Gasteiger partial charge is 0.494 e. The fraction of sp³-hybridized carbons (Fsp3) is 0.571. The maximum absolute atomic E-state index is 13.7. The first-order chi connectivity index (χ1) is 8.49. The van der Waals surface area contributed by atoms with E-state index in [0.717, 1.165) is 12.0 Å². The molecule has 0 amide bonds. The summed E-state index contributed by atoms with van der Waals surface area (Å²) >= 11 is 0. The Labute approximate surface area is 109 Å². The molecule has 0 saturated carbocycles. The van der Waals surface area contributed by atoms with E-state index in [0.29, 0.717) is 12.5 Å². The van der Waals surface area contributed by atoms with Gasteiger partial charge in [-0.3, -0.25) is 0 Å². The molecule has 0 aliphatic heterocycles. The van der Waals surface area contributed by atoms with Crippen molar-refractivity contribution in [2.75, 3.05) is 27.7 Å². The standard InChI is InChI=1S/C14H23FN2O/c1-10(9-16)7-13(17(2)3)11-5-6-14(18-4)12(15)8-11/h5-6,8,10,13H,7,9,16H2,1-4H3. The molecule has 2 N–H and O–H groups in total. The number of hydrogen-bond donors (Lipinski definition) is 1. The monoisotopic (exact) mass is 254 g/mol. The van der Waals surface area contributed by atoms with Crippen LogP contribution in [0.2, 0.25) is 0 Å². The van der Waals surface area contributed by atoms with E-state index in [1.165, 1.54) is 7.11 Å². The summed E-state index contributed by atoms with van der Waals surface area (Å²) in [5.74, 6) is 0.368. The highest BCUT2D eigenvalue weighted by atomic mass is 19.1. The fourth-order valence-electron chi connectivity index (χ4n) is 2.01. The van der Waals surface area contributed by atoms with Crippen molar-refractivity contribution in [2.45, 2.75) is 19.4 Å². The molecule has 0 saturated heterocycles. The first-order valence-corrected chi connectivity index (χ1v) is 6.19. The third-order valence-electron chi connectivity index (χ3n) is 3.21. The van der Waals surface area contributed by atoms with Crippen LogP contribution in [-0.4, -0.2) is 32.6 Å². The average molecular weight is 254 g/mol. The highest BCUT2D eigenvalue weighted by molar-refractivity contribution is 5.31. The van der Waals surface area contributed by atoms with Crippen molar-refractivity contribution in [3.63, 3.8) is 0 Å². The summed E-state index contributed by atoms with van der Waals surface area (Å²) in [4.78, 5) is 2.09. The summed E-state index contributed by atoms with van der Waals surface area (Å²) in [6.07, 6.45) is 0.912. The molecule has 0 radical (unpaired) electrons. The SMILES string of the molecule is COc1ccc(C(CC(C)CN)N(C)C)cc1F. The van der Waals surface area contributed by atoms with Crippen molar-refractivity contribution in [1.82, 2.24) is 4.90 Å². The van der Waals surface area contributed by atoms with E-state index < -0.39 is 0 Å². The summed E-state index contributed by atoms with van der Waals surface area (Å²) in [5.41, 5.74) is 6.62. The number of ether oxygens (including phenoxy) is 1. The molecule has 102 valence electrons. The first-order valence-electron chi connectivity index (χ1n) is 6.19. The molecule has 1 aromatic rings. The van der Waals surface area contributed by atoms with Gasteiger partial charge in [-0.05, 0) is 50.7 Å². The van der Waals surface area contributed by atoms with E-state index >= 15 is 0 Å². The van der Waals surface area contributed by atoms with E-state index in [1.807, 2.05) is 20.2 Å². The Kier molecular flexibility index (Phi) is 5.56. The molecule has 1 aromatic carbocycles. The number of nitrogens with two attached hydrogens (primary N) is 1. The summed E-state index contributed by atoms with van der Waals surface area (Å²) < 4.78 is 18.7. The van der Waals surface area contributed by atoms with Crippen LogP contribution in [0.4, 0.5) is 4.39 Å². The van der Waals surface area contributed by atoms with Gasteiger partial charge in [0.1, 0.15) is 0 Å². The summed E-state index contributed by atoms with van der Waals surface area (Å²) in [6, 6.07) is 5.31. The maximum Gasteiger partial charge on any atom is 0.165 e. The summed E-state index contributed by atoms with van der Waals surface area (Å²) in [5, 5.41) is 0. The van der Waals surface area contributed by atoms with Gasteiger partial charge in [0, 0.05) is 6.04 Å². The minimum atomic E-state index is -0.317. The van der Waals surface area contributed by atoms with Crippen LogP contribution >= 0.6 is 0 Å². The van der Waals surface area contributed by atoms with Crippen LogP contribution in [-0.2, 0) is 0 Å². The zero-order chi connectivity index (χ0) is 13.7. The Morgan fingerprint density at radius 2 is 2.06 bits per heavy atom. The van der Waals surface area contributed by atoms with E-state index in [2.05, 4.69) is 11.8 Å². The fourth-order valence-corrected chi connectivity index (χ4v) is 2.01. The second-order valence-electron chi connectivity index (χ2n) is 4.95. The molecule has 1 rings (SSSR count). The molecule has 0 aliphatic rings. The molecule has 0 spiro atoms. The van der Waals surface area contributed by atoms with Crippen molar-refractivity contribution in [1.29, 1.82) is 0 Å². The van der Waals surface area contributed by atoms with Gasteiger partial charge >= 0.3 is 0 Å². The summed E-state index contributed by atoms with van der Waals surface area (Å²) in [7, 11) is 5.46. The molecule has 0 bridgehead atoms. The molecule has 2 unspecified atom stereocenters. The Balaban J connectivity index is 2.95. The zero-order valence-electron chi connectivity index (χ0n) is 11.6. The van der Waals surface area contributed by atoms with Crippen LogP contribution in [0.5, 0.6) is 5.75 Å². The second kappa shape index (κ2) is 6.71. The van der Waals surface area contributed by atoms with Gasteiger partial charge < -0.3 is 15.4 Å². The van der Waals surface area contributed by atoms with Gasteiger partial charge in [0.25, 0.3) is 0 Å². The van der Waals surface area contributed by atoms with E-state index in [-0.39, 0.29) is 17.6 Å². The maximum atomic E-state index is 13.7. The van der Waals surface area contributed by atoms with E-state index in [4.69, 9.17) is 10.5 Å². The van der Waals surface area contributed by atoms with Gasteiger partial charge in [0.05, 0.1) is 7.11 Å². The molecule has 0 aromatic heterocycles. The normalized spacial score (nSPS) is 14.6. The molecule has 0 heterocycles. The number of methoxy groups -OCH3 is 1. The van der Waals surface area contributed by atoms with Crippen molar-refractivity contribution in [2.24, 2.45) is 11.7 Å². The van der Waals surface area contributed by atoms with Crippen LogP contribution in [0.3, 0.4) is 0 Å². The smallest absolute Gasteiger partial charge is 0.165 e. The van der Waals surface area contributed by atoms with Crippen LogP contribution in [0.1, 0.15) is 24.9 Å². The highest BCUT2D eigenvalue weighted by Crippen LogP contribution is 2.28. The van der Waals surface area contributed by atoms with Crippen LogP contribution in [0.15, 0.2) is 18.2 Å². The molecular weight excluding hydrogens is 231 g/mol. The molecule has 18 heavy (non-hydrogen) atoms. The van der Waals surface area contributed by atoms with Crippen molar-refractivity contribution in [3.8, 4) is 5.75 Å². The Bertz CT molecular complexity index is 382. The van der Waals surface area contributed by atoms with Crippen molar-refractivity contribution >= 4 is 0 Å². The molecule has 0 aliphatic carbocycles. The highest BCUT2D eigenvalue weighted by Gasteiger charge is 2.18. The number of halogens is 1. The minimum Gasteiger partial charge on any atom is -0.494 e. The van der Waals surface area contributed by atoms with Crippen LogP contribution < -0.4 is 10.5 Å². The predicted octanol–water partition coefficient (Wildman–Crippen LogP) is 2.42. The third kappa shape index (κ3) is 3.68. The molecule has 3 nitrogen and oxygen atoms in total. The molecule has 0 fully saturated rings. The quantitative estimate of drug-likeness (QED) is 0.847. The lowest BCUT2D eigenvalue weighted by atomic mass is 9.95. The first kappa shape index (κ1) is 14.9. The predicted molar refractivity (Wildman–Crippen MR) is 72.2 cm³/mol. The van der Waals surface area contributed by atoms with Gasteiger partial charge in [-0.1, -0.05) is 13.0 Å². The lowest BCUT2D eigenvalue weighted by Gasteiger charge is -2.27. The molecular formula is C14H23FN2O. The van der Waals surface area contributed by atoms with E-state index in [1.54, 1.807) is 12.1 Å². The Morgan fingerprint density at radius 1 is 1.39 bits per heavy atom. The second-order valence-corrected chi connectivity index (χ2v) is 4.95. The van der Waals surface area contributed by atoms with Crippen LogP contribution in [0, 0.1) is 11.7 Å². The van der Waals surface area contributed by atoms with Crippen LogP contribution in [0.25, 0.3) is 0 Å². The topological polar surface area (TPSA) is 38.5 Å². The van der Waals surface area contributed by atoms with Crippen molar-refractivity contribution < 1.29 is 9.13 Å². The lowest BCUT2D eigenvalue weighted by molar-refractivity contribution is 0.254. The Hall–Kier alpha value is -1.13. The van der Waals surface area contributed by atoms with Gasteiger partial charge in [0.2, 0.25) is 0 Å². The number of rotatable bonds is 6. The Morgan fingerprint density at radius 3 is 2.50 bits per heavy atom. The molecule has 2 atom stereocenters. The summed E-state index contributed by atoms with van der Waals surface area (Å²) in [6.45, 7) is 2.75. The minimum absolute atomic E-state index is 0.170.